The lowest BCUT2D eigenvalue weighted by molar-refractivity contribution is 0.572. The molecule has 1 aromatic rings. The van der Waals surface area contributed by atoms with E-state index in [2.05, 4.69) is 5.32 Å². The van der Waals surface area contributed by atoms with E-state index in [0.29, 0.717) is 23.6 Å². The molecule has 0 aliphatic heterocycles. The molecule has 16 heavy (non-hydrogen) atoms. The highest BCUT2D eigenvalue weighted by Crippen LogP contribution is 2.32. The summed E-state index contributed by atoms with van der Waals surface area (Å²) in [5, 5.41) is 11.9. The first kappa shape index (κ1) is 13.2. The average Bonchev–Trinajstić information content (AvgIpc) is 2.24. The average molecular weight is 261 g/mol. The van der Waals surface area contributed by atoms with E-state index in [-0.39, 0.29) is 11.1 Å². The van der Waals surface area contributed by atoms with E-state index in [1.165, 1.54) is 12.1 Å². The third-order valence-electron chi connectivity index (χ3n) is 2.20. The van der Waals surface area contributed by atoms with Gasteiger partial charge in [-0.15, -0.1) is 0 Å². The fourth-order valence-electron chi connectivity index (χ4n) is 1.39. The van der Waals surface area contributed by atoms with Gasteiger partial charge in [-0.2, -0.15) is 5.26 Å². The molecule has 0 saturated heterocycles. The lowest BCUT2D eigenvalue weighted by Crippen LogP contribution is -2.20. The highest BCUT2D eigenvalue weighted by Gasteiger charge is 2.16. The molecule has 86 valence electrons. The van der Waals surface area contributed by atoms with Crippen LogP contribution in [0.4, 0.5) is 4.39 Å². The van der Waals surface area contributed by atoms with Gasteiger partial charge in [0, 0.05) is 29.6 Å². The van der Waals surface area contributed by atoms with Crippen molar-refractivity contribution in [3.63, 3.8) is 0 Å². The molecule has 1 unspecified atom stereocenters. The third-order valence-corrected chi connectivity index (χ3v) is 2.91. The van der Waals surface area contributed by atoms with Crippen LogP contribution >= 0.6 is 23.2 Å². The molecule has 0 radical (unpaired) electrons. The van der Waals surface area contributed by atoms with Gasteiger partial charge in [-0.05, 0) is 19.1 Å². The third kappa shape index (κ3) is 3.08. The maximum atomic E-state index is 13.2. The minimum Gasteiger partial charge on any atom is -0.309 e. The van der Waals surface area contributed by atoms with Gasteiger partial charge < -0.3 is 5.32 Å². The van der Waals surface area contributed by atoms with E-state index < -0.39 is 5.82 Å². The van der Waals surface area contributed by atoms with Crippen LogP contribution in [0.3, 0.4) is 0 Å². The van der Waals surface area contributed by atoms with Crippen LogP contribution in [0.1, 0.15) is 24.9 Å². The van der Waals surface area contributed by atoms with E-state index in [0.717, 1.165) is 0 Å². The second-order valence-corrected chi connectivity index (χ2v) is 4.13. The second-order valence-electron chi connectivity index (χ2n) is 3.34. The lowest BCUT2D eigenvalue weighted by atomic mass is 10.1. The van der Waals surface area contributed by atoms with Crippen LogP contribution in [0.25, 0.3) is 0 Å². The zero-order valence-electron chi connectivity index (χ0n) is 8.73. The Morgan fingerprint density at radius 2 is 2.19 bits per heavy atom. The molecular weight excluding hydrogens is 250 g/mol. The van der Waals surface area contributed by atoms with Crippen molar-refractivity contribution < 1.29 is 4.39 Å². The summed E-state index contributed by atoms with van der Waals surface area (Å²) in [6.07, 6.45) is 0.384. The maximum absolute atomic E-state index is 13.2. The first-order valence-corrected chi connectivity index (χ1v) is 5.57. The summed E-state index contributed by atoms with van der Waals surface area (Å²) in [5.41, 5.74) is 0.529. The maximum Gasteiger partial charge on any atom is 0.142 e. The van der Waals surface area contributed by atoms with Crippen LogP contribution in [-0.4, -0.2) is 6.54 Å². The predicted molar refractivity (Wildman–Crippen MR) is 63.1 cm³/mol. The molecule has 1 N–H and O–H groups in total. The SMILES string of the molecule is CC(NCCC#N)c1c(Cl)ccc(F)c1Cl. The molecule has 2 nitrogen and oxygen atoms in total. The molecule has 1 aromatic carbocycles. The summed E-state index contributed by atoms with van der Waals surface area (Å²) in [6, 6.07) is 4.53. The lowest BCUT2D eigenvalue weighted by Gasteiger charge is -2.16. The molecule has 0 aliphatic rings. The summed E-state index contributed by atoms with van der Waals surface area (Å²) in [7, 11) is 0. The van der Waals surface area contributed by atoms with E-state index >= 15 is 0 Å². The summed E-state index contributed by atoms with van der Waals surface area (Å²) in [5.74, 6) is -0.491. The van der Waals surface area contributed by atoms with Gasteiger partial charge in [0.1, 0.15) is 5.82 Å². The van der Waals surface area contributed by atoms with Crippen molar-refractivity contribution in [1.82, 2.24) is 5.32 Å². The molecule has 0 saturated carbocycles. The van der Waals surface area contributed by atoms with Crippen molar-refractivity contribution in [2.24, 2.45) is 0 Å². The quantitative estimate of drug-likeness (QED) is 0.662. The minimum absolute atomic E-state index is 0.0319. The van der Waals surface area contributed by atoms with Gasteiger partial charge in [0.25, 0.3) is 0 Å². The van der Waals surface area contributed by atoms with E-state index in [4.69, 9.17) is 28.5 Å². The number of halogens is 3. The summed E-state index contributed by atoms with van der Waals surface area (Å²) in [6.45, 7) is 2.34. The Kier molecular flexibility index (Phi) is 5.01. The molecule has 0 bridgehead atoms. The van der Waals surface area contributed by atoms with Crippen LogP contribution in [-0.2, 0) is 0 Å². The number of hydrogen-bond acceptors (Lipinski definition) is 2. The fraction of sp³-hybridized carbons (Fsp3) is 0.364. The predicted octanol–water partition coefficient (Wildman–Crippen LogP) is 3.70. The van der Waals surface area contributed by atoms with Crippen molar-refractivity contribution in [3.8, 4) is 6.07 Å². The van der Waals surface area contributed by atoms with Gasteiger partial charge in [-0.3, -0.25) is 0 Å². The summed E-state index contributed by atoms with van der Waals surface area (Å²) in [4.78, 5) is 0. The monoisotopic (exact) mass is 260 g/mol. The van der Waals surface area contributed by atoms with Crippen LogP contribution < -0.4 is 5.32 Å². The molecular formula is C11H11Cl2FN2. The Bertz CT molecular complexity index is 415. The van der Waals surface area contributed by atoms with Crippen LogP contribution in [0.2, 0.25) is 10.0 Å². The molecule has 1 rings (SSSR count). The molecule has 0 aliphatic carbocycles. The molecule has 0 fully saturated rings. The first-order chi connectivity index (χ1) is 7.57. The molecule has 5 heteroatoms. The summed E-state index contributed by atoms with van der Waals surface area (Å²) < 4.78 is 13.2. The van der Waals surface area contributed by atoms with E-state index in [9.17, 15) is 4.39 Å². The van der Waals surface area contributed by atoms with Crippen molar-refractivity contribution in [1.29, 1.82) is 5.26 Å². The Morgan fingerprint density at radius 3 is 2.81 bits per heavy atom. The van der Waals surface area contributed by atoms with Gasteiger partial charge in [-0.25, -0.2) is 4.39 Å². The number of benzene rings is 1. The number of nitrogens with zero attached hydrogens (tertiary/aromatic N) is 1. The smallest absolute Gasteiger partial charge is 0.142 e. The largest absolute Gasteiger partial charge is 0.309 e. The van der Waals surface area contributed by atoms with E-state index in [1.54, 1.807) is 0 Å². The molecule has 0 spiro atoms. The zero-order valence-corrected chi connectivity index (χ0v) is 10.2. The van der Waals surface area contributed by atoms with Crippen molar-refractivity contribution in [2.45, 2.75) is 19.4 Å². The first-order valence-electron chi connectivity index (χ1n) is 4.81. The van der Waals surface area contributed by atoms with Gasteiger partial charge in [0.15, 0.2) is 0 Å². The standard InChI is InChI=1S/C11H11Cl2FN2/c1-7(16-6-2-5-15)10-8(12)3-4-9(14)11(10)13/h3-4,7,16H,2,6H2,1H3. The van der Waals surface area contributed by atoms with Gasteiger partial charge in [0.2, 0.25) is 0 Å². The zero-order chi connectivity index (χ0) is 12.1. The van der Waals surface area contributed by atoms with Crippen LogP contribution in [0.15, 0.2) is 12.1 Å². The molecule has 0 amide bonds. The topological polar surface area (TPSA) is 35.8 Å². The van der Waals surface area contributed by atoms with Crippen LogP contribution in [0.5, 0.6) is 0 Å². The Balaban J connectivity index is 2.86. The minimum atomic E-state index is -0.491. The number of rotatable bonds is 4. The highest BCUT2D eigenvalue weighted by molar-refractivity contribution is 6.36. The van der Waals surface area contributed by atoms with Gasteiger partial charge >= 0.3 is 0 Å². The normalized spacial score (nSPS) is 12.2. The van der Waals surface area contributed by atoms with Gasteiger partial charge in [0.05, 0.1) is 11.1 Å². The van der Waals surface area contributed by atoms with Crippen molar-refractivity contribution >= 4 is 23.2 Å². The van der Waals surface area contributed by atoms with Crippen molar-refractivity contribution in [2.75, 3.05) is 6.54 Å². The second kappa shape index (κ2) is 6.05. The fourth-order valence-corrected chi connectivity index (χ4v) is 2.08. The number of hydrogen-bond donors (Lipinski definition) is 1. The number of nitrogens with one attached hydrogen (secondary N) is 1. The summed E-state index contributed by atoms with van der Waals surface area (Å²) >= 11 is 11.8. The van der Waals surface area contributed by atoms with Gasteiger partial charge in [-0.1, -0.05) is 23.2 Å². The van der Waals surface area contributed by atoms with Crippen molar-refractivity contribution in [3.05, 3.63) is 33.6 Å². The molecule has 0 heterocycles. The Labute approximate surface area is 104 Å². The van der Waals surface area contributed by atoms with E-state index in [1.807, 2.05) is 13.0 Å². The highest BCUT2D eigenvalue weighted by atomic mass is 35.5. The Morgan fingerprint density at radius 1 is 1.50 bits per heavy atom. The number of nitriles is 1. The molecule has 1 atom stereocenters. The molecule has 0 aromatic heterocycles. The van der Waals surface area contributed by atoms with Crippen LogP contribution in [0, 0.1) is 17.1 Å². The Hall–Kier alpha value is -0.820.